The molecule has 8 heteroatoms. The van der Waals surface area contributed by atoms with E-state index in [2.05, 4.69) is 15.6 Å². The number of nitrogens with zero attached hydrogens (tertiary/aromatic N) is 2. The van der Waals surface area contributed by atoms with Gasteiger partial charge in [0.15, 0.2) is 0 Å². The van der Waals surface area contributed by atoms with Gasteiger partial charge in [-0.1, -0.05) is 12.1 Å². The molecule has 0 bridgehead atoms. The first kappa shape index (κ1) is 19.2. The molecule has 3 rings (SSSR count). The van der Waals surface area contributed by atoms with Gasteiger partial charge in [-0.15, -0.1) is 0 Å². The summed E-state index contributed by atoms with van der Waals surface area (Å²) in [4.78, 5) is 16.9. The summed E-state index contributed by atoms with van der Waals surface area (Å²) in [7, 11) is 4.92. The van der Waals surface area contributed by atoms with Crippen LogP contribution < -0.4 is 20.1 Å². The number of hydrogen-bond acceptors (Lipinski definition) is 4. The molecule has 2 amide bonds. The van der Waals surface area contributed by atoms with E-state index in [1.165, 1.54) is 12.1 Å². The number of aromatic nitrogens is 2. The number of anilines is 1. The molecule has 0 radical (unpaired) electrons. The number of rotatable bonds is 6. The third-order valence-corrected chi connectivity index (χ3v) is 4.22. The molecule has 146 valence electrons. The van der Waals surface area contributed by atoms with Crippen LogP contribution >= 0.6 is 0 Å². The van der Waals surface area contributed by atoms with E-state index in [1.807, 2.05) is 7.05 Å². The predicted octanol–water partition coefficient (Wildman–Crippen LogP) is 3.49. The molecule has 0 unspecified atom stereocenters. The molecule has 0 aliphatic heterocycles. The van der Waals surface area contributed by atoms with Crippen molar-refractivity contribution in [1.29, 1.82) is 0 Å². The first-order chi connectivity index (χ1) is 13.5. The van der Waals surface area contributed by atoms with E-state index < -0.39 is 17.9 Å². The number of para-hydroxylation sites is 1. The molecule has 0 aliphatic carbocycles. The van der Waals surface area contributed by atoms with Crippen molar-refractivity contribution >= 4 is 11.7 Å². The van der Waals surface area contributed by atoms with Gasteiger partial charge >= 0.3 is 6.03 Å². The Bertz CT molecular complexity index is 951. The first-order valence-electron chi connectivity index (χ1n) is 8.54. The number of urea groups is 1. The number of methoxy groups -OCH3 is 2. The van der Waals surface area contributed by atoms with Gasteiger partial charge in [-0.2, -0.15) is 0 Å². The second-order valence-electron chi connectivity index (χ2n) is 6.05. The Balaban J connectivity index is 1.94. The van der Waals surface area contributed by atoms with E-state index in [9.17, 15) is 9.18 Å². The van der Waals surface area contributed by atoms with Crippen LogP contribution in [0.3, 0.4) is 0 Å². The zero-order valence-electron chi connectivity index (χ0n) is 15.8. The minimum Gasteiger partial charge on any atom is -0.497 e. The Morgan fingerprint density at radius 2 is 1.82 bits per heavy atom. The largest absolute Gasteiger partial charge is 0.497 e. The van der Waals surface area contributed by atoms with Gasteiger partial charge in [-0.25, -0.2) is 14.2 Å². The van der Waals surface area contributed by atoms with Crippen molar-refractivity contribution in [3.63, 3.8) is 0 Å². The lowest BCUT2D eigenvalue weighted by atomic mass is 10.1. The predicted molar refractivity (Wildman–Crippen MR) is 103 cm³/mol. The van der Waals surface area contributed by atoms with Crippen molar-refractivity contribution in [2.75, 3.05) is 19.5 Å². The van der Waals surface area contributed by atoms with Gasteiger partial charge in [0.05, 0.1) is 19.9 Å². The van der Waals surface area contributed by atoms with Gasteiger partial charge in [0.25, 0.3) is 0 Å². The van der Waals surface area contributed by atoms with E-state index in [4.69, 9.17) is 9.47 Å². The molecule has 7 nitrogen and oxygen atoms in total. The molecule has 0 saturated heterocycles. The van der Waals surface area contributed by atoms with Gasteiger partial charge in [-0.3, -0.25) is 0 Å². The van der Waals surface area contributed by atoms with Crippen LogP contribution in [-0.2, 0) is 7.05 Å². The summed E-state index contributed by atoms with van der Waals surface area (Å²) >= 11 is 0. The molecule has 1 heterocycles. The topological polar surface area (TPSA) is 77.4 Å². The normalized spacial score (nSPS) is 11.6. The highest BCUT2D eigenvalue weighted by molar-refractivity contribution is 5.89. The summed E-state index contributed by atoms with van der Waals surface area (Å²) in [5.74, 6) is 1.22. The Hall–Kier alpha value is -3.55. The van der Waals surface area contributed by atoms with Crippen molar-refractivity contribution in [3.05, 3.63) is 72.1 Å². The molecule has 0 fully saturated rings. The van der Waals surface area contributed by atoms with Crippen LogP contribution in [0.4, 0.5) is 14.9 Å². The van der Waals surface area contributed by atoms with Crippen LogP contribution in [0.2, 0.25) is 0 Å². The molecule has 2 aromatic carbocycles. The summed E-state index contributed by atoms with van der Waals surface area (Å²) in [6.45, 7) is 0. The van der Waals surface area contributed by atoms with Crippen molar-refractivity contribution in [3.8, 4) is 11.5 Å². The second-order valence-corrected chi connectivity index (χ2v) is 6.05. The van der Waals surface area contributed by atoms with Crippen molar-refractivity contribution in [2.24, 2.45) is 7.05 Å². The van der Waals surface area contributed by atoms with Crippen molar-refractivity contribution < 1.29 is 18.7 Å². The standard InChI is InChI=1S/C20H21FN4O3/c1-25-9-8-22-19(25)18(13-10-14(27-2)12-15(11-13)28-3)24-20(26)23-17-7-5-4-6-16(17)21/h4-12,18H,1-3H3,(H2,23,24,26)/t18-/m1/s1. The summed E-state index contributed by atoms with van der Waals surface area (Å²) < 4.78 is 26.3. The second kappa shape index (κ2) is 8.43. The number of ether oxygens (including phenoxy) is 2. The number of aryl methyl sites for hydroxylation is 1. The monoisotopic (exact) mass is 384 g/mol. The molecular weight excluding hydrogens is 363 g/mol. The summed E-state index contributed by atoms with van der Waals surface area (Å²) in [5, 5.41) is 5.37. The number of halogens is 1. The maximum absolute atomic E-state index is 13.9. The Kier molecular flexibility index (Phi) is 5.78. The average molecular weight is 384 g/mol. The van der Waals surface area contributed by atoms with Crippen molar-refractivity contribution in [2.45, 2.75) is 6.04 Å². The molecular formula is C20H21FN4O3. The van der Waals surface area contributed by atoms with E-state index in [1.54, 1.807) is 61.5 Å². The highest BCUT2D eigenvalue weighted by atomic mass is 19.1. The van der Waals surface area contributed by atoms with E-state index in [0.717, 1.165) is 0 Å². The van der Waals surface area contributed by atoms with Gasteiger partial charge in [0.1, 0.15) is 29.2 Å². The lowest BCUT2D eigenvalue weighted by Gasteiger charge is -2.21. The first-order valence-corrected chi connectivity index (χ1v) is 8.54. The summed E-state index contributed by atoms with van der Waals surface area (Å²) in [6, 6.07) is 10.1. The molecule has 1 aromatic heterocycles. The Labute approximate surface area is 162 Å². The van der Waals surface area contributed by atoms with E-state index >= 15 is 0 Å². The number of hydrogen-bond donors (Lipinski definition) is 2. The van der Waals surface area contributed by atoms with E-state index in [-0.39, 0.29) is 5.69 Å². The maximum Gasteiger partial charge on any atom is 0.320 e. The third-order valence-electron chi connectivity index (χ3n) is 4.22. The zero-order chi connectivity index (χ0) is 20.1. The third kappa shape index (κ3) is 4.22. The lowest BCUT2D eigenvalue weighted by molar-refractivity contribution is 0.249. The average Bonchev–Trinajstić information content (AvgIpc) is 3.13. The minimum absolute atomic E-state index is 0.0850. The SMILES string of the molecule is COc1cc(OC)cc([C@@H](NC(=O)Nc2ccccc2F)c2nccn2C)c1. The molecule has 28 heavy (non-hydrogen) atoms. The van der Waals surface area contributed by atoms with E-state index in [0.29, 0.717) is 22.9 Å². The molecule has 0 saturated carbocycles. The number of amides is 2. The van der Waals surface area contributed by atoms with Gasteiger partial charge in [0, 0.05) is 25.5 Å². The van der Waals surface area contributed by atoms with Crippen molar-refractivity contribution in [1.82, 2.24) is 14.9 Å². The van der Waals surface area contributed by atoms with Crippen LogP contribution in [0.15, 0.2) is 54.9 Å². The minimum atomic E-state index is -0.615. The van der Waals surface area contributed by atoms with Crippen LogP contribution in [0, 0.1) is 5.82 Å². The quantitative estimate of drug-likeness (QED) is 0.682. The molecule has 1 atom stereocenters. The van der Waals surface area contributed by atoms with Gasteiger partial charge in [0.2, 0.25) is 0 Å². The Morgan fingerprint density at radius 1 is 1.14 bits per heavy atom. The lowest BCUT2D eigenvalue weighted by Crippen LogP contribution is -2.34. The highest BCUT2D eigenvalue weighted by Crippen LogP contribution is 2.29. The van der Waals surface area contributed by atoms with Crippen LogP contribution in [0.1, 0.15) is 17.4 Å². The number of benzene rings is 2. The fourth-order valence-corrected chi connectivity index (χ4v) is 2.80. The van der Waals surface area contributed by atoms with Gasteiger partial charge in [-0.05, 0) is 29.8 Å². The number of imidazole rings is 1. The highest BCUT2D eigenvalue weighted by Gasteiger charge is 2.23. The summed E-state index contributed by atoms with van der Waals surface area (Å²) in [5.41, 5.74) is 0.788. The fraction of sp³-hybridized carbons (Fsp3) is 0.200. The number of carbonyl (C=O) groups is 1. The molecule has 3 aromatic rings. The molecule has 0 spiro atoms. The number of nitrogens with one attached hydrogen (secondary N) is 2. The van der Waals surface area contributed by atoms with Crippen LogP contribution in [0.5, 0.6) is 11.5 Å². The van der Waals surface area contributed by atoms with Crippen LogP contribution in [-0.4, -0.2) is 29.8 Å². The van der Waals surface area contributed by atoms with Gasteiger partial charge < -0.3 is 24.7 Å². The number of carbonyl (C=O) groups excluding carboxylic acids is 1. The maximum atomic E-state index is 13.9. The smallest absolute Gasteiger partial charge is 0.320 e. The summed E-state index contributed by atoms with van der Waals surface area (Å²) in [6.07, 6.45) is 3.41. The zero-order valence-corrected chi connectivity index (χ0v) is 15.8. The molecule has 0 aliphatic rings. The van der Waals surface area contributed by atoms with Crippen LogP contribution in [0.25, 0.3) is 0 Å². The molecule has 2 N–H and O–H groups in total. The fourth-order valence-electron chi connectivity index (χ4n) is 2.80. The Morgan fingerprint density at radius 3 is 2.39 bits per heavy atom.